The van der Waals surface area contributed by atoms with E-state index in [1.165, 1.54) is 51.5 Å². The fourth-order valence-electron chi connectivity index (χ4n) is 2.71. The zero-order valence-corrected chi connectivity index (χ0v) is 9.04. The van der Waals surface area contributed by atoms with Gasteiger partial charge in [-0.3, -0.25) is 0 Å². The van der Waals surface area contributed by atoms with Gasteiger partial charge in [-0.1, -0.05) is 19.3 Å². The molecule has 2 fully saturated rings. The molecule has 2 N–H and O–H groups in total. The van der Waals surface area contributed by atoms with Crippen LogP contribution in [0.15, 0.2) is 0 Å². The van der Waals surface area contributed by atoms with Gasteiger partial charge in [-0.15, -0.1) is 0 Å². The molecule has 0 aromatic carbocycles. The monoisotopic (exact) mass is 197 g/mol. The number of nitrogens with one attached hydrogen (secondary N) is 1. The lowest BCUT2D eigenvalue weighted by atomic mass is 9.82. The maximum absolute atomic E-state index is 9.26. The SMILES string of the molecule is OCC1CCCCC1NCC1CCC1. The molecule has 0 saturated heterocycles. The summed E-state index contributed by atoms with van der Waals surface area (Å²) in [5.74, 6) is 1.47. The first-order valence-electron chi connectivity index (χ1n) is 6.24. The van der Waals surface area contributed by atoms with Gasteiger partial charge in [0, 0.05) is 12.6 Å². The fourth-order valence-corrected chi connectivity index (χ4v) is 2.71. The van der Waals surface area contributed by atoms with E-state index in [2.05, 4.69) is 5.32 Å². The van der Waals surface area contributed by atoms with Gasteiger partial charge in [0.15, 0.2) is 0 Å². The molecule has 2 saturated carbocycles. The van der Waals surface area contributed by atoms with Crippen molar-refractivity contribution in [2.24, 2.45) is 11.8 Å². The second kappa shape index (κ2) is 5.13. The van der Waals surface area contributed by atoms with Crippen LogP contribution < -0.4 is 5.32 Å². The molecule has 14 heavy (non-hydrogen) atoms. The number of hydrogen-bond acceptors (Lipinski definition) is 2. The van der Waals surface area contributed by atoms with Crippen LogP contribution in [0.25, 0.3) is 0 Å². The van der Waals surface area contributed by atoms with Crippen LogP contribution >= 0.6 is 0 Å². The van der Waals surface area contributed by atoms with E-state index < -0.39 is 0 Å². The minimum absolute atomic E-state index is 0.377. The number of aliphatic hydroxyl groups is 1. The van der Waals surface area contributed by atoms with E-state index in [4.69, 9.17) is 0 Å². The van der Waals surface area contributed by atoms with Gasteiger partial charge in [0.1, 0.15) is 0 Å². The van der Waals surface area contributed by atoms with Crippen molar-refractivity contribution in [1.29, 1.82) is 0 Å². The van der Waals surface area contributed by atoms with Crippen LogP contribution in [0, 0.1) is 11.8 Å². The molecule has 0 spiro atoms. The van der Waals surface area contributed by atoms with E-state index in [1.807, 2.05) is 0 Å². The Hall–Kier alpha value is -0.0800. The minimum atomic E-state index is 0.377. The minimum Gasteiger partial charge on any atom is -0.396 e. The van der Waals surface area contributed by atoms with E-state index in [0.29, 0.717) is 18.6 Å². The summed E-state index contributed by atoms with van der Waals surface area (Å²) >= 11 is 0. The number of aliphatic hydroxyl groups excluding tert-OH is 1. The van der Waals surface area contributed by atoms with Crippen LogP contribution in [0.1, 0.15) is 44.9 Å². The molecule has 2 aliphatic rings. The topological polar surface area (TPSA) is 32.3 Å². The molecule has 2 unspecified atom stereocenters. The zero-order valence-electron chi connectivity index (χ0n) is 9.04. The maximum atomic E-state index is 9.26. The highest BCUT2D eigenvalue weighted by Gasteiger charge is 2.25. The Morgan fingerprint density at radius 3 is 2.43 bits per heavy atom. The van der Waals surface area contributed by atoms with Crippen molar-refractivity contribution < 1.29 is 5.11 Å². The van der Waals surface area contributed by atoms with Crippen molar-refractivity contribution in [2.75, 3.05) is 13.2 Å². The first-order valence-corrected chi connectivity index (χ1v) is 6.24. The predicted molar refractivity (Wildman–Crippen MR) is 58.2 cm³/mol. The molecular formula is C12H23NO. The summed E-state index contributed by atoms with van der Waals surface area (Å²) in [7, 11) is 0. The number of hydrogen-bond donors (Lipinski definition) is 2. The Morgan fingerprint density at radius 1 is 1.00 bits per heavy atom. The van der Waals surface area contributed by atoms with E-state index >= 15 is 0 Å². The standard InChI is InChI=1S/C12H23NO/c14-9-11-6-1-2-7-12(11)13-8-10-4-3-5-10/h10-14H,1-9H2. The third-order valence-corrected chi connectivity index (χ3v) is 4.04. The highest BCUT2D eigenvalue weighted by Crippen LogP contribution is 2.28. The van der Waals surface area contributed by atoms with E-state index in [0.717, 1.165) is 5.92 Å². The molecule has 0 bridgehead atoms. The first kappa shape index (κ1) is 10.4. The molecule has 2 aliphatic carbocycles. The van der Waals surface area contributed by atoms with Gasteiger partial charge in [-0.05, 0) is 44.1 Å². The Bertz CT molecular complexity index is 168. The highest BCUT2D eigenvalue weighted by atomic mass is 16.3. The van der Waals surface area contributed by atoms with E-state index in [-0.39, 0.29) is 0 Å². The molecule has 0 heterocycles. The van der Waals surface area contributed by atoms with Crippen LogP contribution in [0.5, 0.6) is 0 Å². The van der Waals surface area contributed by atoms with Crippen LogP contribution in [-0.4, -0.2) is 24.3 Å². The van der Waals surface area contributed by atoms with Gasteiger partial charge in [-0.25, -0.2) is 0 Å². The highest BCUT2D eigenvalue weighted by molar-refractivity contribution is 4.82. The molecule has 0 aromatic rings. The summed E-state index contributed by atoms with van der Waals surface area (Å²) < 4.78 is 0. The fraction of sp³-hybridized carbons (Fsp3) is 1.00. The van der Waals surface area contributed by atoms with E-state index in [1.54, 1.807) is 0 Å². The first-order chi connectivity index (χ1) is 6.90. The normalized spacial score (nSPS) is 34.1. The maximum Gasteiger partial charge on any atom is 0.0474 e. The molecule has 2 rings (SSSR count). The quantitative estimate of drug-likeness (QED) is 0.722. The van der Waals surface area contributed by atoms with Gasteiger partial charge in [0.25, 0.3) is 0 Å². The van der Waals surface area contributed by atoms with Crippen molar-refractivity contribution in [1.82, 2.24) is 5.32 Å². The Morgan fingerprint density at radius 2 is 1.79 bits per heavy atom. The van der Waals surface area contributed by atoms with Crippen molar-refractivity contribution in [2.45, 2.75) is 51.0 Å². The predicted octanol–water partition coefficient (Wildman–Crippen LogP) is 1.93. The summed E-state index contributed by atoms with van der Waals surface area (Å²) in [6, 6.07) is 0.606. The van der Waals surface area contributed by atoms with Crippen LogP contribution in [0.3, 0.4) is 0 Å². The lowest BCUT2D eigenvalue weighted by Crippen LogP contribution is -2.43. The molecule has 0 amide bonds. The summed E-state index contributed by atoms with van der Waals surface area (Å²) in [6.07, 6.45) is 9.43. The van der Waals surface area contributed by atoms with Gasteiger partial charge in [-0.2, -0.15) is 0 Å². The lowest BCUT2D eigenvalue weighted by Gasteiger charge is -2.34. The summed E-state index contributed by atoms with van der Waals surface area (Å²) in [5.41, 5.74) is 0. The van der Waals surface area contributed by atoms with Gasteiger partial charge in [0.2, 0.25) is 0 Å². The third kappa shape index (κ3) is 2.48. The van der Waals surface area contributed by atoms with Crippen molar-refractivity contribution >= 4 is 0 Å². The molecule has 0 radical (unpaired) electrons. The molecule has 82 valence electrons. The van der Waals surface area contributed by atoms with Crippen LogP contribution in [0.4, 0.5) is 0 Å². The summed E-state index contributed by atoms with van der Waals surface area (Å²) in [6.45, 7) is 1.57. The average Bonchev–Trinajstić information content (AvgIpc) is 2.16. The van der Waals surface area contributed by atoms with E-state index in [9.17, 15) is 5.11 Å². The molecule has 0 aliphatic heterocycles. The zero-order chi connectivity index (χ0) is 9.80. The Labute approximate surface area is 87.1 Å². The van der Waals surface area contributed by atoms with Gasteiger partial charge >= 0.3 is 0 Å². The second-order valence-corrected chi connectivity index (χ2v) is 5.04. The Balaban J connectivity index is 1.70. The summed E-state index contributed by atoms with van der Waals surface area (Å²) in [5, 5.41) is 12.9. The average molecular weight is 197 g/mol. The third-order valence-electron chi connectivity index (χ3n) is 4.04. The van der Waals surface area contributed by atoms with Gasteiger partial charge in [0.05, 0.1) is 0 Å². The second-order valence-electron chi connectivity index (χ2n) is 5.04. The molecule has 2 nitrogen and oxygen atoms in total. The van der Waals surface area contributed by atoms with Crippen LogP contribution in [0.2, 0.25) is 0 Å². The number of rotatable bonds is 4. The van der Waals surface area contributed by atoms with Crippen LogP contribution in [-0.2, 0) is 0 Å². The van der Waals surface area contributed by atoms with Gasteiger partial charge < -0.3 is 10.4 Å². The van der Waals surface area contributed by atoms with Crippen molar-refractivity contribution in [3.63, 3.8) is 0 Å². The molecule has 0 aromatic heterocycles. The largest absolute Gasteiger partial charge is 0.396 e. The lowest BCUT2D eigenvalue weighted by molar-refractivity contribution is 0.145. The molecule has 2 atom stereocenters. The smallest absolute Gasteiger partial charge is 0.0474 e. The molecule has 2 heteroatoms. The summed E-state index contributed by atoms with van der Waals surface area (Å²) in [4.78, 5) is 0. The molecular weight excluding hydrogens is 174 g/mol. The van der Waals surface area contributed by atoms with Crippen molar-refractivity contribution in [3.05, 3.63) is 0 Å². The van der Waals surface area contributed by atoms with Crippen molar-refractivity contribution in [3.8, 4) is 0 Å². The Kier molecular flexibility index (Phi) is 3.82.